The zero-order valence-corrected chi connectivity index (χ0v) is 7.76. The van der Waals surface area contributed by atoms with E-state index in [-0.39, 0.29) is 11.4 Å². The molecule has 1 heterocycles. The zero-order chi connectivity index (χ0) is 9.47. The van der Waals surface area contributed by atoms with Gasteiger partial charge in [-0.05, 0) is 32.0 Å². The summed E-state index contributed by atoms with van der Waals surface area (Å²) >= 11 is 0. The smallest absolute Gasteiger partial charge is 0.123 e. The van der Waals surface area contributed by atoms with Crippen LogP contribution in [0.5, 0.6) is 0 Å². The quantitative estimate of drug-likeness (QED) is 0.642. The van der Waals surface area contributed by atoms with Gasteiger partial charge in [-0.25, -0.2) is 4.39 Å². The van der Waals surface area contributed by atoms with Gasteiger partial charge in [0, 0.05) is 11.3 Å². The van der Waals surface area contributed by atoms with Crippen molar-refractivity contribution >= 4 is 11.8 Å². The van der Waals surface area contributed by atoms with Crippen molar-refractivity contribution in [1.29, 1.82) is 0 Å². The third-order valence-electron chi connectivity index (χ3n) is 2.15. The van der Waals surface area contributed by atoms with Crippen LogP contribution in [0.4, 0.5) is 10.1 Å². The summed E-state index contributed by atoms with van der Waals surface area (Å²) < 4.78 is 12.8. The second-order valence-electron chi connectivity index (χ2n) is 3.91. The SMILES string of the molecule is CC1(C)C=Cc2cc(F)ccc2N1. The van der Waals surface area contributed by atoms with Crippen LogP contribution in [0.1, 0.15) is 19.4 Å². The summed E-state index contributed by atoms with van der Waals surface area (Å²) in [6.07, 6.45) is 3.99. The minimum absolute atomic E-state index is 0.0369. The van der Waals surface area contributed by atoms with E-state index in [0.29, 0.717) is 0 Å². The van der Waals surface area contributed by atoms with E-state index >= 15 is 0 Å². The van der Waals surface area contributed by atoms with Crippen LogP contribution >= 0.6 is 0 Å². The predicted molar refractivity (Wildman–Crippen MR) is 53.1 cm³/mol. The van der Waals surface area contributed by atoms with Gasteiger partial charge >= 0.3 is 0 Å². The van der Waals surface area contributed by atoms with Gasteiger partial charge in [-0.1, -0.05) is 12.2 Å². The molecular formula is C11H12FN. The van der Waals surface area contributed by atoms with Crippen molar-refractivity contribution in [2.24, 2.45) is 0 Å². The molecule has 1 aliphatic heterocycles. The lowest BCUT2D eigenvalue weighted by Crippen LogP contribution is -2.30. The van der Waals surface area contributed by atoms with Crippen LogP contribution in [0, 0.1) is 5.82 Å². The molecule has 2 heteroatoms. The lowest BCUT2D eigenvalue weighted by Gasteiger charge is -2.28. The van der Waals surface area contributed by atoms with Gasteiger partial charge in [0.1, 0.15) is 5.82 Å². The fourth-order valence-electron chi connectivity index (χ4n) is 1.47. The Labute approximate surface area is 77.3 Å². The zero-order valence-electron chi connectivity index (χ0n) is 7.76. The number of nitrogens with one attached hydrogen (secondary N) is 1. The summed E-state index contributed by atoms with van der Waals surface area (Å²) in [4.78, 5) is 0. The molecule has 0 aliphatic carbocycles. The van der Waals surface area contributed by atoms with Crippen LogP contribution in [0.25, 0.3) is 6.08 Å². The van der Waals surface area contributed by atoms with E-state index < -0.39 is 0 Å². The highest BCUT2D eigenvalue weighted by atomic mass is 19.1. The molecule has 13 heavy (non-hydrogen) atoms. The lowest BCUT2D eigenvalue weighted by atomic mass is 9.97. The predicted octanol–water partition coefficient (Wildman–Crippen LogP) is 3.04. The van der Waals surface area contributed by atoms with E-state index in [9.17, 15) is 4.39 Å². The van der Waals surface area contributed by atoms with Crippen molar-refractivity contribution < 1.29 is 4.39 Å². The Bertz CT molecular complexity index is 366. The van der Waals surface area contributed by atoms with Crippen LogP contribution in [0.2, 0.25) is 0 Å². The molecule has 1 N–H and O–H groups in total. The van der Waals surface area contributed by atoms with Gasteiger partial charge in [0.2, 0.25) is 0 Å². The molecule has 2 rings (SSSR count). The van der Waals surface area contributed by atoms with Gasteiger partial charge in [0.25, 0.3) is 0 Å². The molecule has 0 bridgehead atoms. The average Bonchev–Trinajstić information content (AvgIpc) is 2.05. The van der Waals surface area contributed by atoms with Crippen LogP contribution in [-0.4, -0.2) is 5.54 Å². The highest BCUT2D eigenvalue weighted by Gasteiger charge is 2.18. The summed E-state index contributed by atoms with van der Waals surface area (Å²) in [6.45, 7) is 4.16. The van der Waals surface area contributed by atoms with Crippen molar-refractivity contribution in [3.05, 3.63) is 35.7 Å². The molecule has 0 saturated carbocycles. The van der Waals surface area contributed by atoms with E-state index in [2.05, 4.69) is 19.2 Å². The molecule has 0 atom stereocenters. The number of rotatable bonds is 0. The van der Waals surface area contributed by atoms with Crippen molar-refractivity contribution in [2.45, 2.75) is 19.4 Å². The second-order valence-corrected chi connectivity index (χ2v) is 3.91. The standard InChI is InChI=1S/C11H12FN/c1-11(2)6-5-8-7-9(12)3-4-10(8)13-11/h3-7,13H,1-2H3. The summed E-state index contributed by atoms with van der Waals surface area (Å²) in [5, 5.41) is 3.31. The maximum Gasteiger partial charge on any atom is 0.123 e. The molecule has 1 aromatic rings. The van der Waals surface area contributed by atoms with Crippen LogP contribution < -0.4 is 5.32 Å². The molecule has 0 aromatic heterocycles. The summed E-state index contributed by atoms with van der Waals surface area (Å²) in [5.41, 5.74) is 1.87. The van der Waals surface area contributed by atoms with Crippen molar-refractivity contribution in [2.75, 3.05) is 5.32 Å². The van der Waals surface area contributed by atoms with Gasteiger partial charge in [-0.2, -0.15) is 0 Å². The molecule has 0 amide bonds. The van der Waals surface area contributed by atoms with Gasteiger partial charge in [-0.15, -0.1) is 0 Å². The average molecular weight is 177 g/mol. The van der Waals surface area contributed by atoms with Crippen molar-refractivity contribution in [3.8, 4) is 0 Å². The lowest BCUT2D eigenvalue weighted by molar-refractivity contribution is 0.626. The maximum atomic E-state index is 12.8. The molecule has 0 saturated heterocycles. The highest BCUT2D eigenvalue weighted by molar-refractivity contribution is 5.71. The molecular weight excluding hydrogens is 165 g/mol. The van der Waals surface area contributed by atoms with E-state index in [1.165, 1.54) is 12.1 Å². The Kier molecular flexibility index (Phi) is 1.65. The van der Waals surface area contributed by atoms with E-state index in [1.54, 1.807) is 6.07 Å². The fraction of sp³-hybridized carbons (Fsp3) is 0.273. The van der Waals surface area contributed by atoms with Gasteiger partial charge in [-0.3, -0.25) is 0 Å². The third-order valence-corrected chi connectivity index (χ3v) is 2.15. The highest BCUT2D eigenvalue weighted by Crippen LogP contribution is 2.28. The van der Waals surface area contributed by atoms with E-state index in [0.717, 1.165) is 11.3 Å². The minimum atomic E-state index is -0.190. The van der Waals surface area contributed by atoms with Gasteiger partial charge in [0.05, 0.1) is 5.54 Å². The first-order valence-electron chi connectivity index (χ1n) is 4.34. The topological polar surface area (TPSA) is 12.0 Å². The molecule has 0 radical (unpaired) electrons. The van der Waals surface area contributed by atoms with Gasteiger partial charge < -0.3 is 5.32 Å². The molecule has 68 valence electrons. The summed E-state index contributed by atoms with van der Waals surface area (Å²) in [5.74, 6) is -0.190. The summed E-state index contributed by atoms with van der Waals surface area (Å²) in [7, 11) is 0. The fourth-order valence-corrected chi connectivity index (χ4v) is 1.47. The Hall–Kier alpha value is -1.31. The monoisotopic (exact) mass is 177 g/mol. The number of fused-ring (bicyclic) bond motifs is 1. The Morgan fingerprint density at radius 3 is 2.85 bits per heavy atom. The first-order chi connectivity index (χ1) is 6.07. The Morgan fingerprint density at radius 2 is 2.08 bits per heavy atom. The van der Waals surface area contributed by atoms with E-state index in [4.69, 9.17) is 0 Å². The first-order valence-corrected chi connectivity index (χ1v) is 4.34. The maximum absolute atomic E-state index is 12.8. The molecule has 0 fully saturated rings. The molecule has 1 aliphatic rings. The Balaban J connectivity index is 2.47. The number of hydrogen-bond donors (Lipinski definition) is 1. The van der Waals surface area contributed by atoms with Crippen molar-refractivity contribution in [3.63, 3.8) is 0 Å². The number of benzene rings is 1. The van der Waals surface area contributed by atoms with Crippen LogP contribution in [0.3, 0.4) is 0 Å². The third kappa shape index (κ3) is 1.57. The number of anilines is 1. The first kappa shape index (κ1) is 8.30. The second kappa shape index (κ2) is 2.59. The largest absolute Gasteiger partial charge is 0.376 e. The van der Waals surface area contributed by atoms with Crippen LogP contribution in [0.15, 0.2) is 24.3 Å². The summed E-state index contributed by atoms with van der Waals surface area (Å²) in [6, 6.07) is 4.78. The normalized spacial score (nSPS) is 17.8. The van der Waals surface area contributed by atoms with Crippen LogP contribution in [-0.2, 0) is 0 Å². The Morgan fingerprint density at radius 1 is 1.31 bits per heavy atom. The molecule has 0 spiro atoms. The molecule has 0 unspecified atom stereocenters. The van der Waals surface area contributed by atoms with Crippen molar-refractivity contribution in [1.82, 2.24) is 0 Å². The van der Waals surface area contributed by atoms with Gasteiger partial charge in [0.15, 0.2) is 0 Å². The number of halogens is 1. The van der Waals surface area contributed by atoms with E-state index in [1.807, 2.05) is 12.2 Å². The molecule has 1 nitrogen and oxygen atoms in total. The molecule has 1 aromatic carbocycles. The number of hydrogen-bond acceptors (Lipinski definition) is 1. The minimum Gasteiger partial charge on any atom is -0.376 e.